The Hall–Kier alpha value is -1.40. The van der Waals surface area contributed by atoms with E-state index in [-0.39, 0.29) is 5.56 Å². The molecular weight excluding hydrogens is 263 g/mol. The standard InChI is InChI=1S/C18H23FN2/c19-17-5-4-15(12-16(17)13-20)14-21-10-8-18(9-11-21)6-2-1-3-7-18/h4-5,12H,1-3,6-11,14H2. The van der Waals surface area contributed by atoms with Gasteiger partial charge < -0.3 is 0 Å². The van der Waals surface area contributed by atoms with Crippen LogP contribution in [0.15, 0.2) is 18.2 Å². The second-order valence-electron chi connectivity index (χ2n) is 6.76. The van der Waals surface area contributed by atoms with Crippen LogP contribution in [0.4, 0.5) is 4.39 Å². The summed E-state index contributed by atoms with van der Waals surface area (Å²) in [5.74, 6) is -0.416. The molecule has 0 unspecified atom stereocenters. The fraction of sp³-hybridized carbons (Fsp3) is 0.611. The van der Waals surface area contributed by atoms with E-state index in [1.54, 1.807) is 12.1 Å². The summed E-state index contributed by atoms with van der Waals surface area (Å²) in [7, 11) is 0. The molecule has 0 radical (unpaired) electrons. The third-order valence-corrected chi connectivity index (χ3v) is 5.39. The number of likely N-dealkylation sites (tertiary alicyclic amines) is 1. The summed E-state index contributed by atoms with van der Waals surface area (Å²) < 4.78 is 13.4. The van der Waals surface area contributed by atoms with E-state index in [0.717, 1.165) is 25.2 Å². The highest BCUT2D eigenvalue weighted by molar-refractivity contribution is 5.34. The maximum atomic E-state index is 13.4. The van der Waals surface area contributed by atoms with Crippen LogP contribution in [-0.2, 0) is 6.54 Å². The predicted molar refractivity (Wildman–Crippen MR) is 81.1 cm³/mol. The Morgan fingerprint density at radius 1 is 1.10 bits per heavy atom. The lowest BCUT2D eigenvalue weighted by atomic mass is 9.68. The minimum Gasteiger partial charge on any atom is -0.299 e. The Bertz CT molecular complexity index is 531. The van der Waals surface area contributed by atoms with E-state index >= 15 is 0 Å². The lowest BCUT2D eigenvalue weighted by Crippen LogP contribution is -2.40. The van der Waals surface area contributed by atoms with Crippen LogP contribution in [0.2, 0.25) is 0 Å². The normalized spacial score (nSPS) is 22.1. The van der Waals surface area contributed by atoms with Gasteiger partial charge in [-0.05, 0) is 61.9 Å². The van der Waals surface area contributed by atoms with Crippen molar-refractivity contribution in [2.24, 2.45) is 5.41 Å². The molecule has 2 fully saturated rings. The van der Waals surface area contributed by atoms with E-state index in [2.05, 4.69) is 4.90 Å². The number of hydrogen-bond acceptors (Lipinski definition) is 2. The molecule has 0 N–H and O–H groups in total. The highest BCUT2D eigenvalue weighted by Gasteiger charge is 2.35. The lowest BCUT2D eigenvalue weighted by Gasteiger charge is -2.44. The zero-order chi connectivity index (χ0) is 14.7. The number of hydrogen-bond donors (Lipinski definition) is 0. The van der Waals surface area contributed by atoms with E-state index in [0.29, 0.717) is 5.41 Å². The van der Waals surface area contributed by atoms with Crippen molar-refractivity contribution in [3.63, 3.8) is 0 Å². The molecule has 0 aromatic heterocycles. The fourth-order valence-corrected chi connectivity index (χ4v) is 4.00. The molecular formula is C18H23FN2. The zero-order valence-corrected chi connectivity index (χ0v) is 12.6. The first-order chi connectivity index (χ1) is 10.2. The second-order valence-corrected chi connectivity index (χ2v) is 6.76. The van der Waals surface area contributed by atoms with Crippen molar-refractivity contribution >= 4 is 0 Å². The summed E-state index contributed by atoms with van der Waals surface area (Å²) in [5.41, 5.74) is 1.83. The van der Waals surface area contributed by atoms with Gasteiger partial charge in [-0.2, -0.15) is 5.26 Å². The van der Waals surface area contributed by atoms with Crippen LogP contribution >= 0.6 is 0 Å². The summed E-state index contributed by atoms with van der Waals surface area (Å²) in [6.07, 6.45) is 9.66. The molecule has 1 aromatic carbocycles. The molecule has 1 aliphatic carbocycles. The van der Waals surface area contributed by atoms with Crippen LogP contribution in [0.5, 0.6) is 0 Å². The number of benzene rings is 1. The number of nitrogens with zero attached hydrogens (tertiary/aromatic N) is 2. The van der Waals surface area contributed by atoms with E-state index < -0.39 is 5.82 Å². The van der Waals surface area contributed by atoms with Crippen molar-refractivity contribution in [2.75, 3.05) is 13.1 Å². The van der Waals surface area contributed by atoms with Gasteiger partial charge >= 0.3 is 0 Å². The molecule has 1 saturated heterocycles. The van der Waals surface area contributed by atoms with Gasteiger partial charge in [0.25, 0.3) is 0 Å². The summed E-state index contributed by atoms with van der Waals surface area (Å²) in [4.78, 5) is 2.45. The van der Waals surface area contributed by atoms with E-state index in [1.807, 2.05) is 6.07 Å². The Morgan fingerprint density at radius 2 is 1.81 bits per heavy atom. The van der Waals surface area contributed by atoms with Crippen molar-refractivity contribution in [1.29, 1.82) is 5.26 Å². The monoisotopic (exact) mass is 286 g/mol. The molecule has 112 valence electrons. The van der Waals surface area contributed by atoms with Gasteiger partial charge in [-0.15, -0.1) is 0 Å². The smallest absolute Gasteiger partial charge is 0.140 e. The van der Waals surface area contributed by atoms with Crippen molar-refractivity contribution in [1.82, 2.24) is 4.90 Å². The predicted octanol–water partition coefficient (Wildman–Crippen LogP) is 4.24. The number of rotatable bonds is 2. The van der Waals surface area contributed by atoms with Crippen LogP contribution in [0.1, 0.15) is 56.1 Å². The molecule has 2 aliphatic rings. The Kier molecular flexibility index (Phi) is 4.26. The largest absolute Gasteiger partial charge is 0.299 e. The van der Waals surface area contributed by atoms with E-state index in [1.165, 1.54) is 51.0 Å². The molecule has 3 heteroatoms. The minimum absolute atomic E-state index is 0.160. The SMILES string of the molecule is N#Cc1cc(CN2CCC3(CCCCC3)CC2)ccc1F. The molecule has 1 saturated carbocycles. The summed E-state index contributed by atoms with van der Waals surface area (Å²) in [5, 5.41) is 8.91. The van der Waals surface area contributed by atoms with Crippen LogP contribution in [-0.4, -0.2) is 18.0 Å². The first kappa shape index (κ1) is 14.5. The molecule has 1 aliphatic heterocycles. The van der Waals surface area contributed by atoms with E-state index in [4.69, 9.17) is 5.26 Å². The summed E-state index contributed by atoms with van der Waals surface area (Å²) in [6, 6.07) is 6.84. The average molecular weight is 286 g/mol. The molecule has 21 heavy (non-hydrogen) atoms. The maximum absolute atomic E-state index is 13.4. The molecule has 1 heterocycles. The quantitative estimate of drug-likeness (QED) is 0.813. The number of piperidine rings is 1. The summed E-state index contributed by atoms with van der Waals surface area (Å²) in [6.45, 7) is 3.11. The molecule has 1 spiro atoms. The third-order valence-electron chi connectivity index (χ3n) is 5.39. The van der Waals surface area contributed by atoms with Gasteiger partial charge in [0.2, 0.25) is 0 Å². The van der Waals surface area contributed by atoms with Gasteiger partial charge in [0.05, 0.1) is 5.56 Å². The zero-order valence-electron chi connectivity index (χ0n) is 12.6. The van der Waals surface area contributed by atoms with Gasteiger partial charge in [0.15, 0.2) is 0 Å². The van der Waals surface area contributed by atoms with Crippen molar-refractivity contribution in [3.8, 4) is 6.07 Å². The van der Waals surface area contributed by atoms with Gasteiger partial charge in [0.1, 0.15) is 11.9 Å². The van der Waals surface area contributed by atoms with Crippen LogP contribution in [0.25, 0.3) is 0 Å². The topological polar surface area (TPSA) is 27.0 Å². The van der Waals surface area contributed by atoms with E-state index in [9.17, 15) is 4.39 Å². The number of halogens is 1. The molecule has 1 aromatic rings. The first-order valence-electron chi connectivity index (χ1n) is 8.12. The Balaban J connectivity index is 1.59. The highest BCUT2D eigenvalue weighted by atomic mass is 19.1. The Morgan fingerprint density at radius 3 is 2.48 bits per heavy atom. The molecule has 0 atom stereocenters. The first-order valence-corrected chi connectivity index (χ1v) is 8.12. The second kappa shape index (κ2) is 6.15. The number of nitriles is 1. The fourth-order valence-electron chi connectivity index (χ4n) is 4.00. The van der Waals surface area contributed by atoms with Crippen molar-refractivity contribution in [2.45, 2.75) is 51.5 Å². The molecule has 2 nitrogen and oxygen atoms in total. The molecule has 0 bridgehead atoms. The maximum Gasteiger partial charge on any atom is 0.140 e. The summed E-state index contributed by atoms with van der Waals surface area (Å²) >= 11 is 0. The molecule has 3 rings (SSSR count). The van der Waals surface area contributed by atoms with Gasteiger partial charge in [0, 0.05) is 6.54 Å². The van der Waals surface area contributed by atoms with Crippen molar-refractivity contribution in [3.05, 3.63) is 35.1 Å². The minimum atomic E-state index is -0.416. The third kappa shape index (κ3) is 3.27. The van der Waals surface area contributed by atoms with Crippen LogP contribution < -0.4 is 0 Å². The average Bonchev–Trinajstić information content (AvgIpc) is 2.52. The lowest BCUT2D eigenvalue weighted by molar-refractivity contribution is 0.0641. The van der Waals surface area contributed by atoms with Gasteiger partial charge in [-0.1, -0.05) is 25.3 Å². The Labute approximate surface area is 126 Å². The van der Waals surface area contributed by atoms with Crippen LogP contribution in [0.3, 0.4) is 0 Å². The highest BCUT2D eigenvalue weighted by Crippen LogP contribution is 2.44. The van der Waals surface area contributed by atoms with Crippen molar-refractivity contribution < 1.29 is 4.39 Å². The molecule has 0 amide bonds. The van der Waals surface area contributed by atoms with Crippen LogP contribution in [0, 0.1) is 22.6 Å². The van der Waals surface area contributed by atoms with Gasteiger partial charge in [-0.25, -0.2) is 4.39 Å². The van der Waals surface area contributed by atoms with Gasteiger partial charge in [-0.3, -0.25) is 4.90 Å².